The zero-order chi connectivity index (χ0) is 19.4. The lowest BCUT2D eigenvalue weighted by Crippen LogP contribution is -2.28. The number of hydrogen-bond acceptors (Lipinski definition) is 7. The van der Waals surface area contributed by atoms with E-state index < -0.39 is 5.69 Å². The summed E-state index contributed by atoms with van der Waals surface area (Å²) in [6.45, 7) is 3.93. The summed E-state index contributed by atoms with van der Waals surface area (Å²) in [4.78, 5) is 31.4. The lowest BCUT2D eigenvalue weighted by atomic mass is 10.2. The van der Waals surface area contributed by atoms with Gasteiger partial charge < -0.3 is 14.8 Å². The number of nitrogens with zero attached hydrogens (tertiary/aromatic N) is 4. The van der Waals surface area contributed by atoms with E-state index >= 15 is 0 Å². The molecule has 28 heavy (non-hydrogen) atoms. The van der Waals surface area contributed by atoms with Crippen molar-refractivity contribution in [3.05, 3.63) is 45.5 Å². The predicted molar refractivity (Wildman–Crippen MR) is 103 cm³/mol. The molecule has 10 heteroatoms. The molecule has 5 rings (SSSR count). The van der Waals surface area contributed by atoms with Gasteiger partial charge in [-0.2, -0.15) is 0 Å². The van der Waals surface area contributed by atoms with Crippen LogP contribution in [0.25, 0.3) is 15.9 Å². The van der Waals surface area contributed by atoms with Gasteiger partial charge in [0.1, 0.15) is 17.7 Å². The molecule has 4 aromatic rings. The first kappa shape index (κ1) is 16.8. The van der Waals surface area contributed by atoms with Crippen LogP contribution in [0, 0.1) is 13.8 Å². The highest BCUT2D eigenvalue weighted by Crippen LogP contribution is 2.34. The molecule has 0 bridgehead atoms. The van der Waals surface area contributed by atoms with Crippen LogP contribution in [-0.2, 0) is 11.3 Å². The Kier molecular flexibility index (Phi) is 3.63. The number of rotatable bonds is 3. The Hall–Kier alpha value is -3.40. The quantitative estimate of drug-likeness (QED) is 0.568. The number of thiophene rings is 1. The van der Waals surface area contributed by atoms with Crippen LogP contribution in [0.2, 0.25) is 0 Å². The highest BCUT2D eigenvalue weighted by atomic mass is 32.1. The van der Waals surface area contributed by atoms with E-state index in [0.717, 1.165) is 25.3 Å². The highest BCUT2D eigenvalue weighted by molar-refractivity contribution is 7.18. The minimum absolute atomic E-state index is 0.160. The van der Waals surface area contributed by atoms with Crippen molar-refractivity contribution in [2.75, 3.05) is 12.1 Å². The fourth-order valence-electron chi connectivity index (χ4n) is 3.18. The lowest BCUT2D eigenvalue weighted by molar-refractivity contribution is -0.117. The number of nitrogens with one attached hydrogen (secondary N) is 1. The molecular formula is C18H15N5O4S. The molecule has 142 valence electrons. The second-order valence-corrected chi connectivity index (χ2v) is 7.66. The van der Waals surface area contributed by atoms with Crippen LogP contribution in [0.4, 0.5) is 5.69 Å². The summed E-state index contributed by atoms with van der Waals surface area (Å²) in [7, 11) is 0. The van der Waals surface area contributed by atoms with Crippen LogP contribution in [-0.4, -0.2) is 31.9 Å². The number of fused-ring (bicyclic) bond motifs is 4. The summed E-state index contributed by atoms with van der Waals surface area (Å²) in [5, 5.41) is 7.97. The molecule has 0 fully saturated rings. The largest absolute Gasteiger partial charge is 0.454 e. The molecule has 0 atom stereocenters. The van der Waals surface area contributed by atoms with Crippen molar-refractivity contribution in [2.24, 2.45) is 0 Å². The monoisotopic (exact) mass is 397 g/mol. The maximum absolute atomic E-state index is 12.6. The number of benzene rings is 1. The van der Waals surface area contributed by atoms with E-state index in [1.165, 1.54) is 10.7 Å². The van der Waals surface area contributed by atoms with Crippen molar-refractivity contribution >= 4 is 38.8 Å². The first-order valence-corrected chi connectivity index (χ1v) is 9.36. The third kappa shape index (κ3) is 2.53. The van der Waals surface area contributed by atoms with Crippen LogP contribution >= 0.6 is 11.3 Å². The normalized spacial score (nSPS) is 12.8. The average molecular weight is 397 g/mol. The molecule has 0 radical (unpaired) electrons. The SMILES string of the molecule is Cc1sc2ncn3c(=O)n(CC(=O)Nc4ccc5c(c4)OCO5)nc3c2c1C. The van der Waals surface area contributed by atoms with E-state index in [1.54, 1.807) is 29.5 Å². The average Bonchev–Trinajstić information content (AvgIpc) is 3.33. The topological polar surface area (TPSA) is 99.8 Å². The van der Waals surface area contributed by atoms with Gasteiger partial charge in [-0.3, -0.25) is 4.79 Å². The first-order valence-electron chi connectivity index (χ1n) is 8.54. The number of aromatic nitrogens is 4. The Balaban J connectivity index is 1.46. The molecule has 4 heterocycles. The van der Waals surface area contributed by atoms with Crippen molar-refractivity contribution in [1.82, 2.24) is 19.2 Å². The third-order valence-electron chi connectivity index (χ3n) is 4.70. The molecular weight excluding hydrogens is 382 g/mol. The molecule has 1 amide bonds. The molecule has 1 aromatic carbocycles. The number of hydrogen-bond donors (Lipinski definition) is 1. The zero-order valence-electron chi connectivity index (χ0n) is 15.1. The van der Waals surface area contributed by atoms with E-state index in [4.69, 9.17) is 9.47 Å². The molecule has 3 aromatic heterocycles. The number of ether oxygens (including phenoxy) is 2. The molecule has 0 spiro atoms. The van der Waals surface area contributed by atoms with Crippen LogP contribution in [0.1, 0.15) is 10.4 Å². The maximum atomic E-state index is 12.6. The fraction of sp³-hybridized carbons (Fsp3) is 0.222. The lowest BCUT2D eigenvalue weighted by Gasteiger charge is -2.05. The van der Waals surface area contributed by atoms with Gasteiger partial charge in [0.25, 0.3) is 0 Å². The van der Waals surface area contributed by atoms with Gasteiger partial charge in [-0.05, 0) is 31.5 Å². The van der Waals surface area contributed by atoms with Gasteiger partial charge in [-0.15, -0.1) is 16.4 Å². The van der Waals surface area contributed by atoms with Crippen LogP contribution in [0.5, 0.6) is 11.5 Å². The van der Waals surface area contributed by atoms with Crippen molar-refractivity contribution < 1.29 is 14.3 Å². The van der Waals surface area contributed by atoms with Crippen LogP contribution in [0.15, 0.2) is 29.3 Å². The van der Waals surface area contributed by atoms with E-state index in [-0.39, 0.29) is 19.2 Å². The molecule has 0 saturated heterocycles. The van der Waals surface area contributed by atoms with Gasteiger partial charge in [0.15, 0.2) is 17.1 Å². The number of amides is 1. The molecule has 0 saturated carbocycles. The zero-order valence-corrected chi connectivity index (χ0v) is 15.9. The summed E-state index contributed by atoms with van der Waals surface area (Å²) in [6, 6.07) is 5.11. The Morgan fingerprint density at radius 1 is 1.29 bits per heavy atom. The fourth-order valence-corrected chi connectivity index (χ4v) is 4.17. The van der Waals surface area contributed by atoms with Gasteiger partial charge in [0, 0.05) is 16.6 Å². The maximum Gasteiger partial charge on any atom is 0.352 e. The van der Waals surface area contributed by atoms with E-state index in [9.17, 15) is 9.59 Å². The summed E-state index contributed by atoms with van der Waals surface area (Å²) in [6.07, 6.45) is 1.45. The Morgan fingerprint density at radius 3 is 2.96 bits per heavy atom. The standard InChI is InChI=1S/C18H15N5O4S/c1-9-10(2)28-17-15(9)16-21-23(18(25)22(16)7-19-17)6-14(24)20-11-3-4-12-13(5-11)27-8-26-12/h3-5,7H,6,8H2,1-2H3,(H,20,24). The number of anilines is 1. The number of carbonyl (C=O) groups excluding carboxylic acids is 1. The molecule has 9 nitrogen and oxygen atoms in total. The van der Waals surface area contributed by atoms with Crippen LogP contribution < -0.4 is 20.5 Å². The molecule has 1 aliphatic rings. The summed E-state index contributed by atoms with van der Waals surface area (Å²) in [5.74, 6) is 0.832. The second-order valence-electron chi connectivity index (χ2n) is 6.46. The Morgan fingerprint density at radius 2 is 2.11 bits per heavy atom. The summed E-state index contributed by atoms with van der Waals surface area (Å²) < 4.78 is 13.1. The van der Waals surface area contributed by atoms with Crippen molar-refractivity contribution in [3.8, 4) is 11.5 Å². The smallest absolute Gasteiger partial charge is 0.352 e. The minimum atomic E-state index is -0.409. The number of aryl methyl sites for hydroxylation is 2. The summed E-state index contributed by atoms with van der Waals surface area (Å²) in [5.41, 5.74) is 1.70. The van der Waals surface area contributed by atoms with Gasteiger partial charge in [-0.1, -0.05) is 0 Å². The second kappa shape index (κ2) is 6.06. The molecule has 1 N–H and O–H groups in total. The molecule has 0 aliphatic carbocycles. The summed E-state index contributed by atoms with van der Waals surface area (Å²) >= 11 is 1.56. The molecule has 0 unspecified atom stereocenters. The Bertz CT molecular complexity index is 1320. The van der Waals surface area contributed by atoms with E-state index in [2.05, 4.69) is 15.4 Å². The van der Waals surface area contributed by atoms with Crippen molar-refractivity contribution in [1.29, 1.82) is 0 Å². The first-order chi connectivity index (χ1) is 13.5. The van der Waals surface area contributed by atoms with Crippen molar-refractivity contribution in [2.45, 2.75) is 20.4 Å². The van der Waals surface area contributed by atoms with E-state index in [1.807, 2.05) is 13.8 Å². The van der Waals surface area contributed by atoms with E-state index in [0.29, 0.717) is 22.8 Å². The minimum Gasteiger partial charge on any atom is -0.454 e. The highest BCUT2D eigenvalue weighted by Gasteiger charge is 2.18. The third-order valence-corrected chi connectivity index (χ3v) is 5.82. The number of carbonyl (C=O) groups is 1. The Labute approximate surface area is 162 Å². The van der Waals surface area contributed by atoms with Gasteiger partial charge in [0.05, 0.1) is 5.39 Å². The van der Waals surface area contributed by atoms with Gasteiger partial charge >= 0.3 is 5.69 Å². The van der Waals surface area contributed by atoms with Gasteiger partial charge in [0.2, 0.25) is 12.7 Å². The predicted octanol–water partition coefficient (Wildman–Crippen LogP) is 2.09. The van der Waals surface area contributed by atoms with Crippen LogP contribution in [0.3, 0.4) is 0 Å². The van der Waals surface area contributed by atoms with Crippen molar-refractivity contribution in [3.63, 3.8) is 0 Å². The van der Waals surface area contributed by atoms with Gasteiger partial charge in [-0.25, -0.2) is 18.9 Å². The molecule has 1 aliphatic heterocycles.